The van der Waals surface area contributed by atoms with E-state index in [4.69, 9.17) is 11.6 Å². The molecule has 6 nitrogen and oxygen atoms in total. The second-order valence-corrected chi connectivity index (χ2v) is 6.54. The average molecular weight is 392 g/mol. The molecule has 0 fully saturated rings. The SMILES string of the molecule is O=C(c1ccc(-n2ncc(-c3ccc(Cl)cc3)n2)cc1)c1ccc(O)cc1O. The smallest absolute Gasteiger partial charge is 0.196 e. The fraction of sp³-hybridized carbons (Fsp3) is 0. The van der Waals surface area contributed by atoms with Gasteiger partial charge in [-0.1, -0.05) is 23.7 Å². The maximum Gasteiger partial charge on any atom is 0.196 e. The highest BCUT2D eigenvalue weighted by atomic mass is 35.5. The number of aromatic nitrogens is 3. The lowest BCUT2D eigenvalue weighted by molar-refractivity contribution is 0.103. The molecular weight excluding hydrogens is 378 g/mol. The number of aromatic hydroxyl groups is 2. The van der Waals surface area contributed by atoms with Crippen molar-refractivity contribution in [2.24, 2.45) is 0 Å². The molecule has 0 radical (unpaired) electrons. The van der Waals surface area contributed by atoms with Gasteiger partial charge in [0.2, 0.25) is 0 Å². The van der Waals surface area contributed by atoms with Crippen LogP contribution in [0.25, 0.3) is 16.9 Å². The van der Waals surface area contributed by atoms with E-state index in [1.165, 1.54) is 16.9 Å². The number of rotatable bonds is 4. The molecule has 0 saturated carbocycles. The van der Waals surface area contributed by atoms with E-state index in [1.807, 2.05) is 12.1 Å². The van der Waals surface area contributed by atoms with Crippen LogP contribution in [0.1, 0.15) is 15.9 Å². The van der Waals surface area contributed by atoms with Crippen molar-refractivity contribution in [3.63, 3.8) is 0 Å². The third-order valence-electron chi connectivity index (χ3n) is 4.22. The molecule has 0 saturated heterocycles. The first kappa shape index (κ1) is 17.8. The molecule has 2 N–H and O–H groups in total. The molecule has 0 aliphatic heterocycles. The van der Waals surface area contributed by atoms with Crippen molar-refractivity contribution >= 4 is 17.4 Å². The standard InChI is InChI=1S/C21H14ClN3O3/c22-15-5-1-13(2-6-15)19-12-23-25(24-19)16-7-3-14(4-8-16)21(28)18-10-9-17(26)11-20(18)27/h1-12,26-27H. The first-order chi connectivity index (χ1) is 13.5. The van der Waals surface area contributed by atoms with E-state index in [1.54, 1.807) is 42.6 Å². The Kier molecular flexibility index (Phi) is 4.55. The number of phenolic OH excluding ortho intramolecular Hbond substituents is 2. The summed E-state index contributed by atoms with van der Waals surface area (Å²) < 4.78 is 0. The van der Waals surface area contributed by atoms with E-state index in [-0.39, 0.29) is 22.8 Å². The van der Waals surface area contributed by atoms with Gasteiger partial charge < -0.3 is 10.2 Å². The van der Waals surface area contributed by atoms with Crippen molar-refractivity contribution in [3.05, 3.63) is 89.1 Å². The highest BCUT2D eigenvalue weighted by Gasteiger charge is 2.14. The maximum atomic E-state index is 12.6. The van der Waals surface area contributed by atoms with Gasteiger partial charge in [-0.3, -0.25) is 4.79 Å². The minimum atomic E-state index is -0.348. The Balaban J connectivity index is 1.58. The second-order valence-electron chi connectivity index (χ2n) is 6.10. The predicted molar refractivity (Wildman–Crippen MR) is 105 cm³/mol. The van der Waals surface area contributed by atoms with Gasteiger partial charge in [-0.25, -0.2) is 0 Å². The lowest BCUT2D eigenvalue weighted by atomic mass is 10.0. The van der Waals surface area contributed by atoms with E-state index in [2.05, 4.69) is 10.2 Å². The Morgan fingerprint density at radius 3 is 2.32 bits per heavy atom. The lowest BCUT2D eigenvalue weighted by Gasteiger charge is -2.06. The number of phenols is 2. The summed E-state index contributed by atoms with van der Waals surface area (Å²) >= 11 is 5.91. The van der Waals surface area contributed by atoms with Crippen LogP contribution in [-0.4, -0.2) is 31.0 Å². The van der Waals surface area contributed by atoms with Gasteiger partial charge in [0.25, 0.3) is 0 Å². The predicted octanol–water partition coefficient (Wildman–Crippen LogP) is 4.23. The first-order valence-corrected chi connectivity index (χ1v) is 8.74. The fourth-order valence-corrected chi connectivity index (χ4v) is 2.88. The molecule has 1 heterocycles. The minimum absolute atomic E-state index is 0.106. The van der Waals surface area contributed by atoms with Crippen LogP contribution < -0.4 is 0 Å². The number of carbonyl (C=O) groups excluding carboxylic acids is 1. The maximum absolute atomic E-state index is 12.6. The van der Waals surface area contributed by atoms with Gasteiger partial charge in [0, 0.05) is 22.2 Å². The van der Waals surface area contributed by atoms with Gasteiger partial charge in [-0.05, 0) is 48.5 Å². The van der Waals surface area contributed by atoms with E-state index in [9.17, 15) is 15.0 Å². The van der Waals surface area contributed by atoms with Crippen LogP contribution >= 0.6 is 11.6 Å². The summed E-state index contributed by atoms with van der Waals surface area (Å²) in [5.41, 5.74) is 2.80. The highest BCUT2D eigenvalue weighted by Crippen LogP contribution is 2.25. The monoisotopic (exact) mass is 391 g/mol. The number of halogens is 1. The summed E-state index contributed by atoms with van der Waals surface area (Å²) in [6.07, 6.45) is 1.65. The van der Waals surface area contributed by atoms with E-state index >= 15 is 0 Å². The van der Waals surface area contributed by atoms with Crippen molar-refractivity contribution in [2.45, 2.75) is 0 Å². The Morgan fingerprint density at radius 1 is 0.929 bits per heavy atom. The van der Waals surface area contributed by atoms with Crippen LogP contribution in [0.15, 0.2) is 72.9 Å². The van der Waals surface area contributed by atoms with Crippen LogP contribution in [0.2, 0.25) is 5.02 Å². The molecule has 0 aliphatic rings. The van der Waals surface area contributed by atoms with Crippen LogP contribution in [0.3, 0.4) is 0 Å². The van der Waals surface area contributed by atoms with Gasteiger partial charge >= 0.3 is 0 Å². The molecule has 28 heavy (non-hydrogen) atoms. The summed E-state index contributed by atoms with van der Waals surface area (Å²) in [6.45, 7) is 0. The van der Waals surface area contributed by atoms with E-state index in [0.717, 1.165) is 11.6 Å². The van der Waals surface area contributed by atoms with Crippen LogP contribution in [0, 0.1) is 0 Å². The zero-order valence-corrected chi connectivity index (χ0v) is 15.2. The summed E-state index contributed by atoms with van der Waals surface area (Å²) in [7, 11) is 0. The Bertz CT molecular complexity index is 1150. The summed E-state index contributed by atoms with van der Waals surface area (Å²) in [5.74, 6) is -0.722. The number of carbonyl (C=O) groups is 1. The molecule has 138 valence electrons. The molecule has 3 aromatic carbocycles. The number of nitrogens with zero attached hydrogens (tertiary/aromatic N) is 3. The number of ketones is 1. The Hall–Kier alpha value is -3.64. The zero-order valence-electron chi connectivity index (χ0n) is 14.5. The molecule has 0 bridgehead atoms. The van der Waals surface area contributed by atoms with Crippen molar-refractivity contribution in [3.8, 4) is 28.4 Å². The summed E-state index contributed by atoms with van der Waals surface area (Å²) in [5, 5.41) is 28.6. The number of hydrogen-bond acceptors (Lipinski definition) is 5. The van der Waals surface area contributed by atoms with Crippen molar-refractivity contribution in [1.29, 1.82) is 0 Å². The zero-order chi connectivity index (χ0) is 19.7. The molecule has 0 unspecified atom stereocenters. The van der Waals surface area contributed by atoms with E-state index < -0.39 is 0 Å². The largest absolute Gasteiger partial charge is 0.508 e. The summed E-state index contributed by atoms with van der Waals surface area (Å²) in [4.78, 5) is 14.0. The molecule has 1 aromatic heterocycles. The molecule has 4 rings (SSSR count). The topological polar surface area (TPSA) is 88.2 Å². The van der Waals surface area contributed by atoms with Crippen LogP contribution in [-0.2, 0) is 0 Å². The molecule has 7 heteroatoms. The molecule has 4 aromatic rings. The average Bonchev–Trinajstić information content (AvgIpc) is 3.18. The minimum Gasteiger partial charge on any atom is -0.508 e. The van der Waals surface area contributed by atoms with Crippen molar-refractivity contribution in [2.75, 3.05) is 0 Å². The third kappa shape index (κ3) is 3.45. The third-order valence-corrected chi connectivity index (χ3v) is 4.47. The Morgan fingerprint density at radius 2 is 1.64 bits per heavy atom. The number of benzene rings is 3. The summed E-state index contributed by atoms with van der Waals surface area (Å²) in [6, 6.07) is 17.9. The van der Waals surface area contributed by atoms with Crippen molar-refractivity contribution in [1.82, 2.24) is 15.0 Å². The van der Waals surface area contributed by atoms with Crippen LogP contribution in [0.5, 0.6) is 11.5 Å². The molecular formula is C21H14ClN3O3. The molecule has 0 atom stereocenters. The second kappa shape index (κ2) is 7.17. The van der Waals surface area contributed by atoms with Crippen LogP contribution in [0.4, 0.5) is 0 Å². The van der Waals surface area contributed by atoms with Gasteiger partial charge in [0.1, 0.15) is 17.2 Å². The van der Waals surface area contributed by atoms with Gasteiger partial charge in [-0.2, -0.15) is 9.90 Å². The molecule has 0 aliphatic carbocycles. The van der Waals surface area contributed by atoms with Gasteiger partial charge in [0.15, 0.2) is 5.78 Å². The fourth-order valence-electron chi connectivity index (χ4n) is 2.75. The quantitative estimate of drug-likeness (QED) is 0.508. The Labute approximate surface area is 165 Å². The molecule has 0 spiro atoms. The van der Waals surface area contributed by atoms with Gasteiger partial charge in [-0.15, -0.1) is 5.10 Å². The lowest BCUT2D eigenvalue weighted by Crippen LogP contribution is -2.03. The van der Waals surface area contributed by atoms with Gasteiger partial charge in [0.05, 0.1) is 17.4 Å². The normalized spacial score (nSPS) is 10.8. The van der Waals surface area contributed by atoms with E-state index in [0.29, 0.717) is 22.0 Å². The van der Waals surface area contributed by atoms with Crippen molar-refractivity contribution < 1.29 is 15.0 Å². The highest BCUT2D eigenvalue weighted by molar-refractivity contribution is 6.30. The molecule has 0 amide bonds. The number of hydrogen-bond donors (Lipinski definition) is 2. The first-order valence-electron chi connectivity index (χ1n) is 8.37.